The first-order valence-electron chi connectivity index (χ1n) is 8.49. The smallest absolute Gasteiger partial charge is 0.157 e. The van der Waals surface area contributed by atoms with Gasteiger partial charge >= 0.3 is 0 Å². The summed E-state index contributed by atoms with van der Waals surface area (Å²) in [6, 6.07) is 6.48. The molecule has 1 N–H and O–H groups in total. The second-order valence-electron chi connectivity index (χ2n) is 6.29. The average molecular weight is 317 g/mol. The van der Waals surface area contributed by atoms with Gasteiger partial charge in [0.05, 0.1) is 25.8 Å². The molecule has 1 saturated heterocycles. The molecule has 1 aliphatic heterocycles. The molecule has 0 spiro atoms. The van der Waals surface area contributed by atoms with Crippen molar-refractivity contribution in [2.45, 2.75) is 26.3 Å². The van der Waals surface area contributed by atoms with Gasteiger partial charge in [-0.25, -0.2) is 0 Å². The Morgan fingerprint density at radius 2 is 2.30 bits per heavy atom. The summed E-state index contributed by atoms with van der Waals surface area (Å²) >= 11 is 0. The van der Waals surface area contributed by atoms with Gasteiger partial charge in [-0.1, -0.05) is 13.0 Å². The van der Waals surface area contributed by atoms with Crippen molar-refractivity contribution in [3.05, 3.63) is 30.0 Å². The minimum absolute atomic E-state index is 0.271. The second kappa shape index (κ2) is 7.34. The molecule has 2 aromatic rings. The van der Waals surface area contributed by atoms with E-state index in [0.717, 1.165) is 50.5 Å². The van der Waals surface area contributed by atoms with Crippen molar-refractivity contribution < 1.29 is 9.57 Å². The number of morpholine rings is 1. The molecule has 5 heteroatoms. The van der Waals surface area contributed by atoms with E-state index in [1.807, 2.05) is 11.1 Å². The molecule has 1 fully saturated rings. The Bertz CT molecular complexity index is 640. The molecule has 1 aromatic carbocycles. The van der Waals surface area contributed by atoms with Crippen LogP contribution in [0.1, 0.15) is 19.4 Å². The van der Waals surface area contributed by atoms with Gasteiger partial charge in [0.25, 0.3) is 0 Å². The molecular weight excluding hydrogens is 290 g/mol. The van der Waals surface area contributed by atoms with E-state index >= 15 is 0 Å². The molecule has 0 saturated carbocycles. The Morgan fingerprint density at radius 3 is 3.09 bits per heavy atom. The molecule has 1 aliphatic rings. The first-order chi connectivity index (χ1) is 11.2. The van der Waals surface area contributed by atoms with Gasteiger partial charge in [-0.15, -0.1) is 5.06 Å². The van der Waals surface area contributed by atoms with Crippen molar-refractivity contribution in [2.75, 3.05) is 39.9 Å². The Kier molecular flexibility index (Phi) is 5.20. The largest absolute Gasteiger partial charge is 0.405 e. The monoisotopic (exact) mass is 317 g/mol. The van der Waals surface area contributed by atoms with Crippen LogP contribution in [0, 0.1) is 0 Å². The molecule has 2 heterocycles. The van der Waals surface area contributed by atoms with Gasteiger partial charge in [-0.05, 0) is 44.6 Å². The number of benzene rings is 1. The highest BCUT2D eigenvalue weighted by Gasteiger charge is 2.22. The Morgan fingerprint density at radius 1 is 1.43 bits per heavy atom. The van der Waals surface area contributed by atoms with E-state index in [9.17, 15) is 0 Å². The Balaban J connectivity index is 1.83. The lowest BCUT2D eigenvalue weighted by atomic mass is 10.1. The van der Waals surface area contributed by atoms with Crippen LogP contribution in [0.5, 0.6) is 5.75 Å². The van der Waals surface area contributed by atoms with Crippen LogP contribution in [-0.2, 0) is 11.2 Å². The van der Waals surface area contributed by atoms with Gasteiger partial charge in [-0.2, -0.15) is 0 Å². The van der Waals surface area contributed by atoms with E-state index in [1.54, 1.807) is 0 Å². The molecule has 5 nitrogen and oxygen atoms in total. The molecule has 3 rings (SSSR count). The lowest BCUT2D eigenvalue weighted by molar-refractivity contribution is -0.151. The first-order valence-corrected chi connectivity index (χ1v) is 8.49. The molecule has 0 radical (unpaired) electrons. The van der Waals surface area contributed by atoms with Crippen molar-refractivity contribution in [1.82, 2.24) is 14.9 Å². The van der Waals surface area contributed by atoms with Gasteiger partial charge < -0.3 is 19.5 Å². The molecule has 1 aromatic heterocycles. The summed E-state index contributed by atoms with van der Waals surface area (Å²) in [7, 11) is 2.15. The highest BCUT2D eigenvalue weighted by atomic mass is 16.7. The molecule has 1 unspecified atom stereocenters. The van der Waals surface area contributed by atoms with Gasteiger partial charge in [0.15, 0.2) is 5.75 Å². The number of aromatic amines is 1. The molecular formula is C18H27N3O2. The van der Waals surface area contributed by atoms with Crippen molar-refractivity contribution >= 4 is 10.9 Å². The number of H-pyrrole nitrogens is 1. The third kappa shape index (κ3) is 3.68. The highest BCUT2D eigenvalue weighted by molar-refractivity contribution is 5.89. The zero-order valence-corrected chi connectivity index (χ0v) is 14.3. The molecule has 1 atom stereocenters. The molecule has 0 bridgehead atoms. The Labute approximate surface area is 138 Å². The van der Waals surface area contributed by atoms with E-state index in [-0.39, 0.29) is 6.04 Å². The zero-order valence-electron chi connectivity index (χ0n) is 14.3. The Hall–Kier alpha value is -1.56. The minimum atomic E-state index is 0.271. The second-order valence-corrected chi connectivity index (χ2v) is 6.29. The quantitative estimate of drug-likeness (QED) is 0.889. The molecule has 126 valence electrons. The van der Waals surface area contributed by atoms with Crippen molar-refractivity contribution in [1.29, 1.82) is 0 Å². The molecule has 0 aliphatic carbocycles. The summed E-state index contributed by atoms with van der Waals surface area (Å²) in [4.78, 5) is 11.9. The fraction of sp³-hybridized carbons (Fsp3) is 0.556. The molecule has 0 amide bonds. The summed E-state index contributed by atoms with van der Waals surface area (Å²) in [6.45, 7) is 8.68. The average Bonchev–Trinajstić information content (AvgIpc) is 2.99. The predicted octanol–water partition coefficient (Wildman–Crippen LogP) is 2.68. The maximum Gasteiger partial charge on any atom is 0.157 e. The lowest BCUT2D eigenvalue weighted by Gasteiger charge is -2.32. The number of aromatic nitrogens is 1. The van der Waals surface area contributed by atoms with Crippen LogP contribution < -0.4 is 4.84 Å². The van der Waals surface area contributed by atoms with Crippen LogP contribution >= 0.6 is 0 Å². The normalized spacial score (nSPS) is 19.6. The van der Waals surface area contributed by atoms with E-state index < -0.39 is 0 Å². The van der Waals surface area contributed by atoms with Crippen LogP contribution in [0.4, 0.5) is 0 Å². The number of ether oxygens (including phenoxy) is 1. The molecule has 23 heavy (non-hydrogen) atoms. The fourth-order valence-corrected chi connectivity index (χ4v) is 2.94. The number of hydrogen-bond donors (Lipinski definition) is 1. The number of fused-ring (bicyclic) bond motifs is 1. The third-order valence-electron chi connectivity index (χ3n) is 4.57. The maximum absolute atomic E-state index is 6.23. The van der Waals surface area contributed by atoms with E-state index in [2.05, 4.69) is 49.1 Å². The van der Waals surface area contributed by atoms with Crippen LogP contribution in [-0.4, -0.2) is 60.9 Å². The maximum atomic E-state index is 6.23. The van der Waals surface area contributed by atoms with Gasteiger partial charge in [0.1, 0.15) is 0 Å². The van der Waals surface area contributed by atoms with Crippen LogP contribution in [0.15, 0.2) is 24.4 Å². The van der Waals surface area contributed by atoms with Crippen molar-refractivity contribution in [3.63, 3.8) is 0 Å². The summed E-state index contributed by atoms with van der Waals surface area (Å²) < 4.78 is 5.49. The fourth-order valence-electron chi connectivity index (χ4n) is 2.94. The standard InChI is InChI=1S/C18H27N3O2/c1-4-20(3)9-8-15-12-19-16-6-5-7-17(18(15)16)23-21-10-11-22-13-14(21)2/h5-7,12,14,19H,4,8-11,13H2,1-3H3. The van der Waals surface area contributed by atoms with Gasteiger partial charge in [-0.3, -0.25) is 0 Å². The number of nitrogens with one attached hydrogen (secondary N) is 1. The number of likely N-dealkylation sites (N-methyl/N-ethyl adjacent to an activating group) is 1. The highest BCUT2D eigenvalue weighted by Crippen LogP contribution is 2.30. The van der Waals surface area contributed by atoms with Crippen LogP contribution in [0.3, 0.4) is 0 Å². The summed E-state index contributed by atoms with van der Waals surface area (Å²) in [5, 5.41) is 3.24. The third-order valence-corrected chi connectivity index (χ3v) is 4.57. The SMILES string of the molecule is CCN(C)CCc1c[nH]c2cccc(ON3CCOCC3C)c12. The number of hydroxylamine groups is 2. The lowest BCUT2D eigenvalue weighted by Crippen LogP contribution is -2.45. The first kappa shape index (κ1) is 16.3. The number of hydrogen-bond acceptors (Lipinski definition) is 4. The van der Waals surface area contributed by atoms with Gasteiger partial charge in [0, 0.05) is 23.6 Å². The minimum Gasteiger partial charge on any atom is -0.405 e. The van der Waals surface area contributed by atoms with Crippen LogP contribution in [0.2, 0.25) is 0 Å². The summed E-state index contributed by atoms with van der Waals surface area (Å²) in [6.07, 6.45) is 3.13. The predicted molar refractivity (Wildman–Crippen MR) is 92.8 cm³/mol. The van der Waals surface area contributed by atoms with Crippen LogP contribution in [0.25, 0.3) is 10.9 Å². The van der Waals surface area contributed by atoms with Crippen molar-refractivity contribution in [2.24, 2.45) is 0 Å². The topological polar surface area (TPSA) is 40.7 Å². The number of rotatable bonds is 6. The summed E-state index contributed by atoms with van der Waals surface area (Å²) in [5.74, 6) is 0.937. The van der Waals surface area contributed by atoms with Crippen molar-refractivity contribution in [3.8, 4) is 5.75 Å². The van der Waals surface area contributed by atoms with E-state index in [4.69, 9.17) is 9.57 Å². The van der Waals surface area contributed by atoms with Gasteiger partial charge in [0.2, 0.25) is 0 Å². The zero-order chi connectivity index (χ0) is 16.2. The van der Waals surface area contributed by atoms with E-state index in [1.165, 1.54) is 10.9 Å². The number of nitrogens with zero attached hydrogens (tertiary/aromatic N) is 2. The van der Waals surface area contributed by atoms with E-state index in [0.29, 0.717) is 0 Å². The summed E-state index contributed by atoms with van der Waals surface area (Å²) in [5.41, 5.74) is 2.45.